The van der Waals surface area contributed by atoms with E-state index in [9.17, 15) is 0 Å². The smallest absolute Gasteiger partial charge is 0.00519 e. The van der Waals surface area contributed by atoms with E-state index >= 15 is 0 Å². The lowest BCUT2D eigenvalue weighted by Gasteiger charge is -2.16. The van der Waals surface area contributed by atoms with E-state index in [4.69, 9.17) is 0 Å². The number of hydrogen-bond donors (Lipinski definition) is 0. The fourth-order valence-corrected chi connectivity index (χ4v) is 5.17. The van der Waals surface area contributed by atoms with E-state index in [0.717, 1.165) is 11.8 Å². The van der Waals surface area contributed by atoms with Crippen LogP contribution in [0.5, 0.6) is 0 Å². The van der Waals surface area contributed by atoms with Crippen molar-refractivity contribution in [3.05, 3.63) is 20.9 Å². The average molecular weight is 365 g/mol. The fourth-order valence-electron chi connectivity index (χ4n) is 4.05. The number of unbranched alkanes of at least 4 members (excludes halogenated alkanes) is 6. The molecular formula is C24H44S. The minimum Gasteiger partial charge on any atom is -0.145 e. The van der Waals surface area contributed by atoms with Gasteiger partial charge in [-0.15, -0.1) is 11.3 Å². The Morgan fingerprint density at radius 3 is 1.40 bits per heavy atom. The Balaban J connectivity index is 2.56. The summed E-state index contributed by atoms with van der Waals surface area (Å²) in [5.74, 6) is 1.67. The Morgan fingerprint density at radius 1 is 0.640 bits per heavy atom. The van der Waals surface area contributed by atoms with E-state index in [1.54, 1.807) is 20.9 Å². The number of rotatable bonds is 14. The summed E-state index contributed by atoms with van der Waals surface area (Å²) in [6.07, 6.45) is 16.6. The molecule has 1 aromatic heterocycles. The second kappa shape index (κ2) is 13.0. The Bertz CT molecular complexity index is 416. The van der Waals surface area contributed by atoms with E-state index < -0.39 is 0 Å². The molecule has 0 N–H and O–H groups in total. The Kier molecular flexibility index (Phi) is 11.8. The van der Waals surface area contributed by atoms with Crippen molar-refractivity contribution in [2.24, 2.45) is 11.8 Å². The van der Waals surface area contributed by atoms with Crippen LogP contribution in [0, 0.1) is 25.7 Å². The molecule has 0 radical (unpaired) electrons. The summed E-state index contributed by atoms with van der Waals surface area (Å²) in [6.45, 7) is 14.2. The summed E-state index contributed by atoms with van der Waals surface area (Å²) >= 11 is 2.04. The lowest BCUT2D eigenvalue weighted by atomic mass is 9.88. The molecule has 0 amide bonds. The first kappa shape index (κ1) is 22.7. The number of thiophene rings is 1. The van der Waals surface area contributed by atoms with E-state index in [2.05, 4.69) is 41.5 Å². The molecule has 1 aromatic rings. The fraction of sp³-hybridized carbons (Fsp3) is 0.833. The molecule has 0 nitrogen and oxygen atoms in total. The first-order valence-corrected chi connectivity index (χ1v) is 11.9. The highest BCUT2D eigenvalue weighted by Crippen LogP contribution is 2.33. The van der Waals surface area contributed by atoms with Gasteiger partial charge in [0, 0.05) is 9.75 Å². The van der Waals surface area contributed by atoms with Gasteiger partial charge in [-0.3, -0.25) is 0 Å². The lowest BCUT2D eigenvalue weighted by molar-refractivity contribution is 0.473. The van der Waals surface area contributed by atoms with Gasteiger partial charge < -0.3 is 0 Å². The molecule has 1 heterocycles. The standard InChI is InChI=1S/C24H44S/c1-7-9-11-13-15-19(3)17-23-21(5)25-22(6)24(23)18-20(4)16-14-12-10-8-2/h19-20H,7-18H2,1-6H3/t19-,20-/m1/s1. The molecule has 0 aromatic carbocycles. The summed E-state index contributed by atoms with van der Waals surface area (Å²) in [7, 11) is 0. The normalized spacial score (nSPS) is 14.0. The third-order valence-corrected chi connectivity index (χ3v) is 6.83. The second-order valence-corrected chi connectivity index (χ2v) is 9.92. The topological polar surface area (TPSA) is 0 Å². The first-order chi connectivity index (χ1) is 12.0. The highest BCUT2D eigenvalue weighted by Gasteiger charge is 2.17. The quantitative estimate of drug-likeness (QED) is 0.290. The SMILES string of the molecule is CCCCCC[C@@H](C)Cc1c(C)sc(C)c1C[C@H](C)CCCCCC. The second-order valence-electron chi connectivity index (χ2n) is 8.49. The van der Waals surface area contributed by atoms with Crippen LogP contribution in [0.4, 0.5) is 0 Å². The predicted octanol–water partition coefficient (Wildman–Crippen LogP) is 8.66. The Morgan fingerprint density at radius 2 is 1.04 bits per heavy atom. The van der Waals surface area contributed by atoms with Crippen molar-refractivity contribution >= 4 is 11.3 Å². The molecule has 1 rings (SSSR count). The Hall–Kier alpha value is -0.300. The number of hydrogen-bond acceptors (Lipinski definition) is 1. The molecule has 0 fully saturated rings. The molecule has 0 aliphatic heterocycles. The van der Waals surface area contributed by atoms with Gasteiger partial charge in [-0.05, 0) is 49.7 Å². The molecule has 146 valence electrons. The van der Waals surface area contributed by atoms with Gasteiger partial charge in [0.2, 0.25) is 0 Å². The summed E-state index contributed by atoms with van der Waals surface area (Å²) < 4.78 is 0. The van der Waals surface area contributed by atoms with Gasteiger partial charge in [0.1, 0.15) is 0 Å². The third kappa shape index (κ3) is 8.76. The summed E-state index contributed by atoms with van der Waals surface area (Å²) in [5, 5.41) is 0. The molecule has 0 unspecified atom stereocenters. The van der Waals surface area contributed by atoms with Crippen molar-refractivity contribution in [3.63, 3.8) is 0 Å². The van der Waals surface area contributed by atoms with Gasteiger partial charge in [-0.25, -0.2) is 0 Å². The molecule has 2 atom stereocenters. The molecule has 0 saturated carbocycles. The van der Waals surface area contributed by atoms with Crippen molar-refractivity contribution in [1.82, 2.24) is 0 Å². The van der Waals surface area contributed by atoms with Gasteiger partial charge in [-0.1, -0.05) is 91.9 Å². The monoisotopic (exact) mass is 364 g/mol. The van der Waals surface area contributed by atoms with Gasteiger partial charge in [-0.2, -0.15) is 0 Å². The summed E-state index contributed by atoms with van der Waals surface area (Å²) in [4.78, 5) is 3.18. The van der Waals surface area contributed by atoms with Crippen molar-refractivity contribution in [1.29, 1.82) is 0 Å². The molecule has 0 aliphatic rings. The molecule has 25 heavy (non-hydrogen) atoms. The van der Waals surface area contributed by atoms with Crippen LogP contribution in [0.25, 0.3) is 0 Å². The van der Waals surface area contributed by atoms with E-state index in [0.29, 0.717) is 0 Å². The molecule has 0 aliphatic carbocycles. The van der Waals surface area contributed by atoms with E-state index in [-0.39, 0.29) is 0 Å². The van der Waals surface area contributed by atoms with E-state index in [1.165, 1.54) is 77.0 Å². The first-order valence-electron chi connectivity index (χ1n) is 11.1. The third-order valence-electron chi connectivity index (χ3n) is 5.73. The van der Waals surface area contributed by atoms with Crippen LogP contribution in [-0.2, 0) is 12.8 Å². The maximum Gasteiger partial charge on any atom is 0.00519 e. The molecule has 0 spiro atoms. The zero-order chi connectivity index (χ0) is 18.7. The number of aryl methyl sites for hydroxylation is 2. The molecule has 0 bridgehead atoms. The maximum absolute atomic E-state index is 2.47. The summed E-state index contributed by atoms with van der Waals surface area (Å²) in [5.41, 5.74) is 3.43. The van der Waals surface area contributed by atoms with Crippen molar-refractivity contribution in [3.8, 4) is 0 Å². The maximum atomic E-state index is 2.47. The van der Waals surface area contributed by atoms with Gasteiger partial charge in [0.05, 0.1) is 0 Å². The van der Waals surface area contributed by atoms with Crippen LogP contribution in [0.3, 0.4) is 0 Å². The highest BCUT2D eigenvalue weighted by atomic mass is 32.1. The van der Waals surface area contributed by atoms with Gasteiger partial charge >= 0.3 is 0 Å². The van der Waals surface area contributed by atoms with Gasteiger partial charge in [0.15, 0.2) is 0 Å². The van der Waals surface area contributed by atoms with Gasteiger partial charge in [0.25, 0.3) is 0 Å². The minimum atomic E-state index is 0.836. The summed E-state index contributed by atoms with van der Waals surface area (Å²) in [6, 6.07) is 0. The lowest BCUT2D eigenvalue weighted by Crippen LogP contribution is -2.07. The van der Waals surface area contributed by atoms with E-state index in [1.807, 2.05) is 11.3 Å². The zero-order valence-corrected chi connectivity index (χ0v) is 18.9. The molecule has 1 heteroatoms. The van der Waals surface area contributed by atoms with Crippen molar-refractivity contribution in [2.75, 3.05) is 0 Å². The van der Waals surface area contributed by atoms with Crippen molar-refractivity contribution in [2.45, 2.75) is 119 Å². The van der Waals surface area contributed by atoms with Crippen LogP contribution in [0.2, 0.25) is 0 Å². The van der Waals surface area contributed by atoms with Crippen molar-refractivity contribution < 1.29 is 0 Å². The average Bonchev–Trinajstić information content (AvgIpc) is 2.82. The Labute approximate surface area is 162 Å². The minimum absolute atomic E-state index is 0.836. The van der Waals surface area contributed by atoms with Crippen LogP contribution < -0.4 is 0 Å². The van der Waals surface area contributed by atoms with Crippen LogP contribution in [0.15, 0.2) is 0 Å². The zero-order valence-electron chi connectivity index (χ0n) is 18.0. The van der Waals surface area contributed by atoms with Crippen LogP contribution in [-0.4, -0.2) is 0 Å². The molecule has 0 saturated heterocycles. The highest BCUT2D eigenvalue weighted by molar-refractivity contribution is 7.12. The largest absolute Gasteiger partial charge is 0.145 e. The van der Waals surface area contributed by atoms with Crippen LogP contribution >= 0.6 is 11.3 Å². The predicted molar refractivity (Wildman–Crippen MR) is 117 cm³/mol. The molecular weight excluding hydrogens is 320 g/mol. The van der Waals surface area contributed by atoms with Crippen LogP contribution in [0.1, 0.15) is 113 Å².